The molecule has 7 heteroatoms. The van der Waals surface area contributed by atoms with Crippen LogP contribution >= 0.6 is 0 Å². The summed E-state index contributed by atoms with van der Waals surface area (Å²) in [7, 11) is 3.14. The van der Waals surface area contributed by atoms with Crippen molar-refractivity contribution in [2.45, 2.75) is 6.04 Å². The zero-order valence-electron chi connectivity index (χ0n) is 13.4. The van der Waals surface area contributed by atoms with Crippen LogP contribution in [0.1, 0.15) is 17.4 Å². The number of para-hydroxylation sites is 1. The Morgan fingerprint density at radius 1 is 1.08 bits per heavy atom. The lowest BCUT2D eigenvalue weighted by molar-refractivity contribution is 0.354. The summed E-state index contributed by atoms with van der Waals surface area (Å²) < 4.78 is 10.5. The van der Waals surface area contributed by atoms with Gasteiger partial charge in [0.05, 0.1) is 25.8 Å². The molecule has 0 aliphatic rings. The molecule has 0 fully saturated rings. The smallest absolute Gasteiger partial charge is 0.184 e. The first-order valence-corrected chi connectivity index (χ1v) is 7.32. The highest BCUT2D eigenvalue weighted by molar-refractivity contribution is 5.63. The first kappa shape index (κ1) is 15.8. The standard InChI is InChI=1S/C17H18N4O3/c1-23-13-8-7-10(9-14(13)24-2)15(18)17-19-16(20-21-17)11-5-3-4-6-12(11)22/h3-9,15,22H,18H2,1-2H3,(H,19,20,21)/t15-/m0/s1. The zero-order valence-corrected chi connectivity index (χ0v) is 13.4. The first-order chi connectivity index (χ1) is 11.6. The number of hydrogen-bond acceptors (Lipinski definition) is 6. The second-order valence-electron chi connectivity index (χ2n) is 5.15. The predicted octanol–water partition coefficient (Wildman–Crippen LogP) is 2.24. The average Bonchev–Trinajstić information content (AvgIpc) is 3.10. The van der Waals surface area contributed by atoms with Crippen LogP contribution in [-0.2, 0) is 0 Å². The van der Waals surface area contributed by atoms with E-state index in [1.54, 1.807) is 50.6 Å². The van der Waals surface area contributed by atoms with Gasteiger partial charge < -0.3 is 20.3 Å². The van der Waals surface area contributed by atoms with E-state index in [-0.39, 0.29) is 5.75 Å². The van der Waals surface area contributed by atoms with Gasteiger partial charge in [-0.25, -0.2) is 4.98 Å². The maximum absolute atomic E-state index is 9.90. The zero-order chi connectivity index (χ0) is 17.1. The molecule has 0 saturated heterocycles. The van der Waals surface area contributed by atoms with Crippen LogP contribution < -0.4 is 15.2 Å². The number of aromatic hydroxyl groups is 1. The van der Waals surface area contributed by atoms with E-state index in [9.17, 15) is 5.11 Å². The SMILES string of the molecule is COc1ccc([C@H](N)c2nc(-c3ccccc3O)n[nH]2)cc1OC. The highest BCUT2D eigenvalue weighted by atomic mass is 16.5. The van der Waals surface area contributed by atoms with E-state index in [4.69, 9.17) is 15.2 Å². The molecule has 1 atom stereocenters. The number of phenolic OH excluding ortho intramolecular Hbond substituents is 1. The molecule has 3 aromatic rings. The summed E-state index contributed by atoms with van der Waals surface area (Å²) in [5.41, 5.74) is 7.61. The van der Waals surface area contributed by atoms with Crippen molar-refractivity contribution in [3.63, 3.8) is 0 Å². The van der Waals surface area contributed by atoms with Gasteiger partial charge in [0, 0.05) is 0 Å². The summed E-state index contributed by atoms with van der Waals surface area (Å²) in [6.07, 6.45) is 0. The quantitative estimate of drug-likeness (QED) is 0.664. The Hall–Kier alpha value is -3.06. The fourth-order valence-electron chi connectivity index (χ4n) is 2.40. The summed E-state index contributed by atoms with van der Waals surface area (Å²) in [5, 5.41) is 16.9. The molecule has 0 radical (unpaired) electrons. The van der Waals surface area contributed by atoms with Gasteiger partial charge in [0.25, 0.3) is 0 Å². The fourth-order valence-corrected chi connectivity index (χ4v) is 2.40. The molecule has 124 valence electrons. The number of phenols is 1. The van der Waals surface area contributed by atoms with Crippen LogP contribution in [0.15, 0.2) is 42.5 Å². The average molecular weight is 326 g/mol. The van der Waals surface area contributed by atoms with Crippen LogP contribution in [0, 0.1) is 0 Å². The third-order valence-electron chi connectivity index (χ3n) is 3.71. The van der Waals surface area contributed by atoms with Crippen LogP contribution in [0.25, 0.3) is 11.4 Å². The number of ether oxygens (including phenoxy) is 2. The van der Waals surface area contributed by atoms with Gasteiger partial charge in [0.15, 0.2) is 17.3 Å². The van der Waals surface area contributed by atoms with E-state index >= 15 is 0 Å². The van der Waals surface area contributed by atoms with Crippen LogP contribution in [0.5, 0.6) is 17.2 Å². The highest BCUT2D eigenvalue weighted by Gasteiger charge is 2.18. The summed E-state index contributed by atoms with van der Waals surface area (Å²) in [5.74, 6) is 2.20. The second-order valence-corrected chi connectivity index (χ2v) is 5.15. The molecule has 0 amide bonds. The lowest BCUT2D eigenvalue weighted by Crippen LogP contribution is -2.14. The monoisotopic (exact) mass is 326 g/mol. The summed E-state index contributed by atoms with van der Waals surface area (Å²) in [6, 6.07) is 11.8. The Morgan fingerprint density at radius 2 is 1.83 bits per heavy atom. The molecule has 1 aromatic heterocycles. The van der Waals surface area contributed by atoms with Crippen LogP contribution in [-0.4, -0.2) is 34.5 Å². The van der Waals surface area contributed by atoms with Crippen molar-refractivity contribution in [2.75, 3.05) is 14.2 Å². The Labute approximate surface area is 139 Å². The van der Waals surface area contributed by atoms with Gasteiger partial charge in [-0.3, -0.25) is 5.10 Å². The summed E-state index contributed by atoms with van der Waals surface area (Å²) in [4.78, 5) is 4.39. The molecule has 0 bridgehead atoms. The number of rotatable bonds is 5. The molecule has 7 nitrogen and oxygen atoms in total. The van der Waals surface area contributed by atoms with Gasteiger partial charge in [-0.15, -0.1) is 0 Å². The molecule has 0 unspecified atom stereocenters. The number of nitrogens with zero attached hydrogens (tertiary/aromatic N) is 2. The minimum absolute atomic E-state index is 0.114. The molecule has 2 aromatic carbocycles. The molecular weight excluding hydrogens is 308 g/mol. The Morgan fingerprint density at radius 3 is 2.54 bits per heavy atom. The van der Waals surface area contributed by atoms with Crippen molar-refractivity contribution in [3.8, 4) is 28.6 Å². The molecule has 1 heterocycles. The number of benzene rings is 2. The van der Waals surface area contributed by atoms with E-state index in [0.29, 0.717) is 28.7 Å². The molecule has 0 spiro atoms. The van der Waals surface area contributed by atoms with E-state index < -0.39 is 6.04 Å². The van der Waals surface area contributed by atoms with Crippen molar-refractivity contribution < 1.29 is 14.6 Å². The van der Waals surface area contributed by atoms with Gasteiger partial charge in [0.2, 0.25) is 0 Å². The van der Waals surface area contributed by atoms with Gasteiger partial charge >= 0.3 is 0 Å². The van der Waals surface area contributed by atoms with Crippen LogP contribution in [0.3, 0.4) is 0 Å². The number of hydrogen-bond donors (Lipinski definition) is 3. The van der Waals surface area contributed by atoms with Crippen molar-refractivity contribution >= 4 is 0 Å². The first-order valence-electron chi connectivity index (χ1n) is 7.32. The number of nitrogens with two attached hydrogens (primary N) is 1. The lowest BCUT2D eigenvalue weighted by Gasteiger charge is -2.13. The number of aromatic amines is 1. The van der Waals surface area contributed by atoms with E-state index in [2.05, 4.69) is 15.2 Å². The van der Waals surface area contributed by atoms with Crippen LogP contribution in [0.4, 0.5) is 0 Å². The topological polar surface area (TPSA) is 106 Å². The minimum Gasteiger partial charge on any atom is -0.507 e. The van der Waals surface area contributed by atoms with Crippen molar-refractivity contribution in [3.05, 3.63) is 53.9 Å². The molecule has 0 aliphatic heterocycles. The van der Waals surface area contributed by atoms with Crippen LogP contribution in [0.2, 0.25) is 0 Å². The summed E-state index contributed by atoms with van der Waals surface area (Å²) >= 11 is 0. The van der Waals surface area contributed by atoms with E-state index in [0.717, 1.165) is 5.56 Å². The molecule has 24 heavy (non-hydrogen) atoms. The maximum atomic E-state index is 9.90. The number of nitrogens with one attached hydrogen (secondary N) is 1. The predicted molar refractivity (Wildman–Crippen MR) is 89.1 cm³/mol. The third kappa shape index (κ3) is 2.89. The normalized spacial score (nSPS) is 12.0. The molecular formula is C17H18N4O3. The van der Waals surface area contributed by atoms with Gasteiger partial charge in [0.1, 0.15) is 11.6 Å². The van der Waals surface area contributed by atoms with Gasteiger partial charge in [-0.05, 0) is 29.8 Å². The lowest BCUT2D eigenvalue weighted by atomic mass is 10.1. The van der Waals surface area contributed by atoms with Crippen molar-refractivity contribution in [1.82, 2.24) is 15.2 Å². The van der Waals surface area contributed by atoms with Crippen molar-refractivity contribution in [2.24, 2.45) is 5.73 Å². The molecule has 4 N–H and O–H groups in total. The van der Waals surface area contributed by atoms with Gasteiger partial charge in [-0.2, -0.15) is 5.10 Å². The number of H-pyrrole nitrogens is 1. The highest BCUT2D eigenvalue weighted by Crippen LogP contribution is 2.31. The Balaban J connectivity index is 1.91. The maximum Gasteiger partial charge on any atom is 0.184 e. The summed E-state index contributed by atoms with van der Waals surface area (Å²) in [6.45, 7) is 0. The van der Waals surface area contributed by atoms with Crippen molar-refractivity contribution in [1.29, 1.82) is 0 Å². The van der Waals surface area contributed by atoms with Gasteiger partial charge in [-0.1, -0.05) is 18.2 Å². The third-order valence-corrected chi connectivity index (χ3v) is 3.71. The molecule has 0 aliphatic carbocycles. The fraction of sp³-hybridized carbons (Fsp3) is 0.176. The minimum atomic E-state index is -0.517. The Bertz CT molecular complexity index is 847. The largest absolute Gasteiger partial charge is 0.507 e. The number of aromatic nitrogens is 3. The molecule has 3 rings (SSSR count). The van der Waals surface area contributed by atoms with E-state index in [1.165, 1.54) is 0 Å². The second kappa shape index (κ2) is 6.59. The number of methoxy groups -OCH3 is 2. The Kier molecular flexibility index (Phi) is 4.35. The molecule has 0 saturated carbocycles. The van der Waals surface area contributed by atoms with E-state index in [1.807, 2.05) is 6.07 Å².